The lowest BCUT2D eigenvalue weighted by Crippen LogP contribution is -2.49. The first-order chi connectivity index (χ1) is 25.4. The number of para-hydroxylation sites is 1. The molecule has 0 unspecified atom stereocenters. The normalized spacial score (nSPS) is 13.3. The Kier molecular flexibility index (Phi) is 5.78. The summed E-state index contributed by atoms with van der Waals surface area (Å²) in [6.07, 6.45) is 1.89. The maximum absolute atomic E-state index is 9.72. The van der Waals surface area contributed by atoms with E-state index in [0.717, 1.165) is 38.7 Å². The Bertz CT molecular complexity index is 3240. The zero-order chi connectivity index (χ0) is 34.9. The summed E-state index contributed by atoms with van der Waals surface area (Å²) < 4.78 is 7.20. The summed E-state index contributed by atoms with van der Waals surface area (Å²) in [6.45, 7) is 4.91. The summed E-state index contributed by atoms with van der Waals surface area (Å²) in [5, 5.41) is 28.0. The van der Waals surface area contributed by atoms with Gasteiger partial charge in [-0.25, -0.2) is 0 Å². The van der Waals surface area contributed by atoms with Crippen molar-refractivity contribution >= 4 is 93.7 Å². The highest BCUT2D eigenvalue weighted by molar-refractivity contribution is 7.26. The van der Waals surface area contributed by atoms with Gasteiger partial charge in [0.05, 0.1) is 55.5 Å². The van der Waals surface area contributed by atoms with Crippen LogP contribution in [0, 0.1) is 22.7 Å². The van der Waals surface area contributed by atoms with E-state index >= 15 is 0 Å². The van der Waals surface area contributed by atoms with Crippen LogP contribution in [-0.4, -0.2) is 22.2 Å². The topological polar surface area (TPSA) is 70.3 Å². The van der Waals surface area contributed by atoms with Crippen LogP contribution >= 0.6 is 11.3 Å². The standard InChI is InChI=1S/C45H27N5SSi/c1-52(2)41-17-11-28(49-37-14-9-26(24-46)20-32(37)33-21-27(25-47)10-15-38(33)49)22-34(41)35-23-29(12-18-42(35)52)50-36-7-4-3-6-30(36)43-39(50)16-13-31-44-40(51-45(31)43)8-5-19-48-44/h3-23H,1-2H3. The van der Waals surface area contributed by atoms with Gasteiger partial charge in [-0.1, -0.05) is 43.4 Å². The van der Waals surface area contributed by atoms with Crippen molar-refractivity contribution in [3.63, 3.8) is 0 Å². The second kappa shape index (κ2) is 10.3. The van der Waals surface area contributed by atoms with Gasteiger partial charge in [-0.05, 0) is 112 Å². The third kappa shape index (κ3) is 3.76. The second-order valence-electron chi connectivity index (χ2n) is 14.2. The number of hydrogen-bond acceptors (Lipinski definition) is 4. The van der Waals surface area contributed by atoms with E-state index in [0.29, 0.717) is 11.1 Å². The molecule has 0 N–H and O–H groups in total. The molecule has 0 saturated carbocycles. The molecule has 0 atom stereocenters. The van der Waals surface area contributed by atoms with Crippen LogP contribution in [0.3, 0.4) is 0 Å². The molecule has 52 heavy (non-hydrogen) atoms. The number of hydrogen-bond donors (Lipinski definition) is 0. The Labute approximate surface area is 303 Å². The highest BCUT2D eigenvalue weighted by Gasteiger charge is 2.38. The summed E-state index contributed by atoms with van der Waals surface area (Å²) in [5.41, 5.74) is 11.5. The largest absolute Gasteiger partial charge is 0.309 e. The number of rotatable bonds is 2. The number of benzene rings is 6. The molecule has 1 aliphatic rings. The van der Waals surface area contributed by atoms with Gasteiger partial charge in [0.2, 0.25) is 0 Å². The number of nitriles is 2. The predicted octanol–water partition coefficient (Wildman–Crippen LogP) is 10.2. The Hall–Kier alpha value is -6.51. The van der Waals surface area contributed by atoms with Gasteiger partial charge in [0.25, 0.3) is 0 Å². The van der Waals surface area contributed by atoms with Gasteiger partial charge in [0.15, 0.2) is 0 Å². The van der Waals surface area contributed by atoms with Crippen LogP contribution in [0.1, 0.15) is 11.1 Å². The summed E-state index contributed by atoms with van der Waals surface area (Å²) >= 11 is 1.83. The van der Waals surface area contributed by atoms with Gasteiger partial charge in [0.1, 0.15) is 8.07 Å². The monoisotopic (exact) mass is 697 g/mol. The molecule has 5 nitrogen and oxygen atoms in total. The number of pyridine rings is 1. The summed E-state index contributed by atoms with van der Waals surface area (Å²) in [4.78, 5) is 4.75. The maximum Gasteiger partial charge on any atom is 0.113 e. The molecule has 0 fully saturated rings. The van der Waals surface area contributed by atoms with Crippen molar-refractivity contribution in [3.05, 3.63) is 139 Å². The van der Waals surface area contributed by atoms with Gasteiger partial charge < -0.3 is 9.13 Å². The third-order valence-electron chi connectivity index (χ3n) is 11.2. The van der Waals surface area contributed by atoms with E-state index < -0.39 is 8.07 Å². The minimum Gasteiger partial charge on any atom is -0.309 e. The summed E-state index contributed by atoms with van der Waals surface area (Å²) in [7, 11) is -1.99. The zero-order valence-corrected chi connectivity index (χ0v) is 30.1. The predicted molar refractivity (Wildman–Crippen MR) is 217 cm³/mol. The molecule has 6 aromatic carbocycles. The van der Waals surface area contributed by atoms with E-state index in [2.05, 4.69) is 113 Å². The zero-order valence-electron chi connectivity index (χ0n) is 28.3. The molecule has 1 aliphatic heterocycles. The van der Waals surface area contributed by atoms with E-state index in [1.54, 1.807) is 0 Å². The number of fused-ring (bicyclic) bond motifs is 13. The minimum atomic E-state index is -1.99. The van der Waals surface area contributed by atoms with Crippen molar-refractivity contribution < 1.29 is 0 Å². The lowest BCUT2D eigenvalue weighted by molar-refractivity contribution is 1.18. The van der Waals surface area contributed by atoms with Gasteiger partial charge in [0, 0.05) is 49.2 Å². The molecule has 0 radical (unpaired) electrons. The van der Waals surface area contributed by atoms with Gasteiger partial charge in [-0.3, -0.25) is 4.98 Å². The van der Waals surface area contributed by atoms with Gasteiger partial charge >= 0.3 is 0 Å². The van der Waals surface area contributed by atoms with Crippen molar-refractivity contribution in [2.24, 2.45) is 0 Å². The molecular formula is C45H27N5SSi. The molecule has 242 valence electrons. The molecule has 0 saturated heterocycles. The number of aromatic nitrogens is 3. The fourth-order valence-corrected chi connectivity index (χ4v) is 13.1. The lowest BCUT2D eigenvalue weighted by atomic mass is 10.0. The second-order valence-corrected chi connectivity index (χ2v) is 19.6. The maximum atomic E-state index is 9.72. The van der Waals surface area contributed by atoms with E-state index in [-0.39, 0.29) is 0 Å². The van der Waals surface area contributed by atoms with Gasteiger partial charge in [-0.2, -0.15) is 10.5 Å². The molecule has 7 heteroatoms. The molecule has 4 aromatic heterocycles. The molecule has 0 aliphatic carbocycles. The first-order valence-corrected chi connectivity index (χ1v) is 21.1. The molecule has 10 aromatic rings. The molecular weight excluding hydrogens is 671 g/mol. The molecule has 0 bridgehead atoms. The Morgan fingerprint density at radius 2 is 1.17 bits per heavy atom. The molecule has 11 rings (SSSR count). The summed E-state index contributed by atoms with van der Waals surface area (Å²) in [5.74, 6) is 0. The smallest absolute Gasteiger partial charge is 0.113 e. The Morgan fingerprint density at radius 1 is 0.577 bits per heavy atom. The van der Waals surface area contributed by atoms with E-state index in [4.69, 9.17) is 4.98 Å². The first kappa shape index (κ1) is 29.2. The highest BCUT2D eigenvalue weighted by atomic mass is 32.1. The van der Waals surface area contributed by atoms with E-state index in [9.17, 15) is 10.5 Å². The quantitative estimate of drug-likeness (QED) is 0.169. The van der Waals surface area contributed by atoms with Crippen LogP contribution in [0.15, 0.2) is 128 Å². The number of nitrogens with zero attached hydrogens (tertiary/aromatic N) is 5. The van der Waals surface area contributed by atoms with Crippen LogP contribution in [-0.2, 0) is 0 Å². The van der Waals surface area contributed by atoms with Crippen LogP contribution in [0.2, 0.25) is 13.1 Å². The molecule has 0 spiro atoms. The van der Waals surface area contributed by atoms with E-state index in [1.807, 2.05) is 60.0 Å². The Morgan fingerprint density at radius 3 is 1.83 bits per heavy atom. The van der Waals surface area contributed by atoms with Crippen molar-refractivity contribution in [1.29, 1.82) is 10.5 Å². The van der Waals surface area contributed by atoms with Crippen molar-refractivity contribution in [2.75, 3.05) is 0 Å². The third-order valence-corrected chi connectivity index (χ3v) is 16.0. The van der Waals surface area contributed by atoms with E-state index in [1.165, 1.54) is 58.1 Å². The molecule has 5 heterocycles. The molecule has 0 amide bonds. The first-order valence-electron chi connectivity index (χ1n) is 17.3. The van der Waals surface area contributed by atoms with Crippen LogP contribution in [0.25, 0.3) is 86.4 Å². The fourth-order valence-electron chi connectivity index (χ4n) is 8.85. The van der Waals surface area contributed by atoms with Crippen molar-refractivity contribution in [1.82, 2.24) is 14.1 Å². The van der Waals surface area contributed by atoms with Gasteiger partial charge in [-0.15, -0.1) is 11.3 Å². The van der Waals surface area contributed by atoms with Crippen LogP contribution in [0.4, 0.5) is 0 Å². The minimum absolute atomic E-state index is 0.604. The van der Waals surface area contributed by atoms with Crippen molar-refractivity contribution in [2.45, 2.75) is 13.1 Å². The lowest BCUT2D eigenvalue weighted by Gasteiger charge is -2.19. The number of thiophene rings is 1. The fraction of sp³-hybridized carbons (Fsp3) is 0.0444. The van der Waals surface area contributed by atoms with Crippen LogP contribution < -0.4 is 10.4 Å². The van der Waals surface area contributed by atoms with Crippen molar-refractivity contribution in [3.8, 4) is 34.6 Å². The van der Waals surface area contributed by atoms with Crippen LogP contribution in [0.5, 0.6) is 0 Å². The average molecular weight is 698 g/mol. The highest BCUT2D eigenvalue weighted by Crippen LogP contribution is 2.43. The Balaban J connectivity index is 1.15. The SMILES string of the molecule is C[Si]1(C)c2ccc(-n3c4ccc(C#N)cc4c4cc(C#N)ccc43)cc2-c2cc(-n3c4ccccc4c4c5sc6cccnc6c5ccc43)ccc21. The average Bonchev–Trinajstić information content (AvgIpc) is 3.89. The summed E-state index contributed by atoms with van der Waals surface area (Å²) in [6, 6.07) is 47.8.